The van der Waals surface area contributed by atoms with Gasteiger partial charge in [0.2, 0.25) is 5.91 Å². The number of para-hydroxylation sites is 1. The Hall–Kier alpha value is -1.84. The molecule has 0 saturated carbocycles. The van der Waals surface area contributed by atoms with Crippen LogP contribution < -0.4 is 5.32 Å². The molecule has 3 nitrogen and oxygen atoms in total. The van der Waals surface area contributed by atoms with E-state index in [0.29, 0.717) is 16.6 Å². The number of carbonyl (C=O) groups is 1. The molecular formula is C16H12Cl2N2O. The molecule has 1 N–H and O–H groups in total. The standard InChI is InChI=1S/C16H12Cl2N2O/c17-13-6-5-10(7-14(13)18)8-19-9-12-11-3-1-2-4-15(11)20-16(12)21/h1-7,9,12H,8H2,(H,20,21)/t12-/m1/s1. The summed E-state index contributed by atoms with van der Waals surface area (Å²) in [5.74, 6) is -0.377. The average molecular weight is 319 g/mol. The SMILES string of the molecule is O=C1Nc2ccccc2[C@H]1C=NCc1ccc(Cl)c(Cl)c1. The predicted molar refractivity (Wildman–Crippen MR) is 86.5 cm³/mol. The molecule has 2 aromatic carbocycles. The Labute approximate surface area is 132 Å². The van der Waals surface area contributed by atoms with Crippen molar-refractivity contribution in [2.75, 3.05) is 5.32 Å². The van der Waals surface area contributed by atoms with Crippen LogP contribution in [0.15, 0.2) is 47.5 Å². The smallest absolute Gasteiger partial charge is 0.237 e. The summed E-state index contributed by atoms with van der Waals surface area (Å²) in [6, 6.07) is 13.0. The highest BCUT2D eigenvalue weighted by Crippen LogP contribution is 2.31. The molecular weight excluding hydrogens is 307 g/mol. The van der Waals surface area contributed by atoms with Crippen LogP contribution in [-0.4, -0.2) is 12.1 Å². The van der Waals surface area contributed by atoms with Gasteiger partial charge >= 0.3 is 0 Å². The minimum absolute atomic E-state index is 0.0471. The molecule has 1 amide bonds. The van der Waals surface area contributed by atoms with Gasteiger partial charge in [-0.15, -0.1) is 0 Å². The quantitative estimate of drug-likeness (QED) is 0.842. The van der Waals surface area contributed by atoms with Crippen LogP contribution in [-0.2, 0) is 11.3 Å². The van der Waals surface area contributed by atoms with Crippen molar-refractivity contribution < 1.29 is 4.79 Å². The Morgan fingerprint density at radius 3 is 2.76 bits per heavy atom. The summed E-state index contributed by atoms with van der Waals surface area (Å²) in [5.41, 5.74) is 2.77. The highest BCUT2D eigenvalue weighted by molar-refractivity contribution is 6.42. The van der Waals surface area contributed by atoms with E-state index in [4.69, 9.17) is 23.2 Å². The molecule has 1 aliphatic rings. The number of halogens is 2. The summed E-state index contributed by atoms with van der Waals surface area (Å²) in [5, 5.41) is 3.87. The van der Waals surface area contributed by atoms with E-state index in [1.165, 1.54) is 0 Å². The lowest BCUT2D eigenvalue weighted by Gasteiger charge is -2.02. The summed E-state index contributed by atoms with van der Waals surface area (Å²) in [6.07, 6.45) is 1.68. The number of rotatable bonds is 3. The zero-order valence-corrected chi connectivity index (χ0v) is 12.5. The van der Waals surface area contributed by atoms with Gasteiger partial charge < -0.3 is 5.32 Å². The number of fused-ring (bicyclic) bond motifs is 1. The molecule has 21 heavy (non-hydrogen) atoms. The molecule has 1 atom stereocenters. The molecule has 0 spiro atoms. The first-order chi connectivity index (χ1) is 10.1. The van der Waals surface area contributed by atoms with Gasteiger partial charge in [0, 0.05) is 11.9 Å². The van der Waals surface area contributed by atoms with Crippen molar-refractivity contribution in [1.29, 1.82) is 0 Å². The van der Waals surface area contributed by atoms with Crippen LogP contribution in [0, 0.1) is 0 Å². The van der Waals surface area contributed by atoms with Crippen molar-refractivity contribution in [2.45, 2.75) is 12.5 Å². The highest BCUT2D eigenvalue weighted by atomic mass is 35.5. The molecule has 0 saturated heterocycles. The van der Waals surface area contributed by atoms with Crippen molar-refractivity contribution in [3.05, 3.63) is 63.6 Å². The third kappa shape index (κ3) is 2.94. The van der Waals surface area contributed by atoms with E-state index >= 15 is 0 Å². The van der Waals surface area contributed by atoms with Crippen LogP contribution in [0.5, 0.6) is 0 Å². The highest BCUT2D eigenvalue weighted by Gasteiger charge is 2.28. The van der Waals surface area contributed by atoms with Gasteiger partial charge in [-0.1, -0.05) is 47.5 Å². The molecule has 0 aliphatic carbocycles. The van der Waals surface area contributed by atoms with Crippen LogP contribution in [0.1, 0.15) is 17.0 Å². The number of nitrogens with zero attached hydrogens (tertiary/aromatic N) is 1. The zero-order valence-electron chi connectivity index (χ0n) is 11.0. The Morgan fingerprint density at radius 2 is 1.95 bits per heavy atom. The van der Waals surface area contributed by atoms with E-state index in [1.54, 1.807) is 18.3 Å². The molecule has 1 heterocycles. The Balaban J connectivity index is 1.74. The minimum Gasteiger partial charge on any atom is -0.325 e. The number of carbonyl (C=O) groups excluding carboxylic acids is 1. The summed E-state index contributed by atoms with van der Waals surface area (Å²) >= 11 is 11.8. The van der Waals surface area contributed by atoms with Crippen molar-refractivity contribution in [3.8, 4) is 0 Å². The molecule has 0 unspecified atom stereocenters. The molecule has 2 aromatic rings. The molecule has 0 aromatic heterocycles. The van der Waals surface area contributed by atoms with Gasteiger partial charge in [-0.05, 0) is 29.3 Å². The third-order valence-electron chi connectivity index (χ3n) is 3.35. The van der Waals surface area contributed by atoms with E-state index in [-0.39, 0.29) is 11.8 Å². The summed E-state index contributed by atoms with van der Waals surface area (Å²) < 4.78 is 0. The fraction of sp³-hybridized carbons (Fsp3) is 0.125. The van der Waals surface area contributed by atoms with Gasteiger partial charge in [0.25, 0.3) is 0 Å². The Morgan fingerprint density at radius 1 is 1.14 bits per heavy atom. The number of amides is 1. The first kappa shape index (κ1) is 14.1. The van der Waals surface area contributed by atoms with Crippen molar-refractivity contribution >= 4 is 41.0 Å². The topological polar surface area (TPSA) is 41.5 Å². The van der Waals surface area contributed by atoms with Gasteiger partial charge in [-0.2, -0.15) is 0 Å². The first-order valence-corrected chi connectivity index (χ1v) is 7.24. The second-order valence-corrected chi connectivity index (χ2v) is 5.61. The lowest BCUT2D eigenvalue weighted by atomic mass is 10.0. The maximum atomic E-state index is 11.9. The zero-order chi connectivity index (χ0) is 14.8. The molecule has 106 valence electrons. The Kier molecular flexibility index (Phi) is 3.95. The fourth-order valence-electron chi connectivity index (χ4n) is 2.28. The van der Waals surface area contributed by atoms with Gasteiger partial charge in [0.05, 0.1) is 16.6 Å². The minimum atomic E-state index is -0.330. The van der Waals surface area contributed by atoms with E-state index < -0.39 is 0 Å². The van der Waals surface area contributed by atoms with Crippen molar-refractivity contribution in [1.82, 2.24) is 0 Å². The first-order valence-electron chi connectivity index (χ1n) is 6.49. The van der Waals surface area contributed by atoms with Gasteiger partial charge in [-0.3, -0.25) is 9.79 Å². The van der Waals surface area contributed by atoms with Gasteiger partial charge in [0.15, 0.2) is 0 Å². The van der Waals surface area contributed by atoms with Crippen LogP contribution in [0.4, 0.5) is 5.69 Å². The van der Waals surface area contributed by atoms with E-state index in [0.717, 1.165) is 16.8 Å². The summed E-state index contributed by atoms with van der Waals surface area (Å²) in [6.45, 7) is 0.461. The normalized spacial score (nSPS) is 17.0. The van der Waals surface area contributed by atoms with E-state index in [9.17, 15) is 4.79 Å². The number of anilines is 1. The van der Waals surface area contributed by atoms with Crippen LogP contribution in [0.3, 0.4) is 0 Å². The van der Waals surface area contributed by atoms with Crippen LogP contribution in [0.2, 0.25) is 10.0 Å². The van der Waals surface area contributed by atoms with E-state index in [2.05, 4.69) is 10.3 Å². The lowest BCUT2D eigenvalue weighted by molar-refractivity contribution is -0.115. The molecule has 1 aliphatic heterocycles. The van der Waals surface area contributed by atoms with E-state index in [1.807, 2.05) is 30.3 Å². The molecule has 5 heteroatoms. The maximum Gasteiger partial charge on any atom is 0.237 e. The average Bonchev–Trinajstić information content (AvgIpc) is 2.79. The molecule has 0 bridgehead atoms. The maximum absolute atomic E-state index is 11.9. The molecule has 0 radical (unpaired) electrons. The summed E-state index contributed by atoms with van der Waals surface area (Å²) in [4.78, 5) is 16.3. The van der Waals surface area contributed by atoms with Crippen LogP contribution in [0.25, 0.3) is 0 Å². The predicted octanol–water partition coefficient (Wildman–Crippen LogP) is 4.30. The van der Waals surface area contributed by atoms with Crippen LogP contribution >= 0.6 is 23.2 Å². The molecule has 3 rings (SSSR count). The van der Waals surface area contributed by atoms with Crippen molar-refractivity contribution in [2.24, 2.45) is 4.99 Å². The number of aliphatic imine (C=N–C) groups is 1. The lowest BCUT2D eigenvalue weighted by Crippen LogP contribution is -2.13. The number of hydrogen-bond acceptors (Lipinski definition) is 2. The largest absolute Gasteiger partial charge is 0.325 e. The number of benzene rings is 2. The second kappa shape index (κ2) is 5.88. The molecule has 0 fully saturated rings. The van der Waals surface area contributed by atoms with Gasteiger partial charge in [0.1, 0.15) is 5.92 Å². The number of nitrogens with one attached hydrogen (secondary N) is 1. The summed E-state index contributed by atoms with van der Waals surface area (Å²) in [7, 11) is 0. The van der Waals surface area contributed by atoms with Crippen molar-refractivity contribution in [3.63, 3.8) is 0 Å². The second-order valence-electron chi connectivity index (χ2n) is 4.79. The monoisotopic (exact) mass is 318 g/mol. The van der Waals surface area contributed by atoms with Gasteiger partial charge in [-0.25, -0.2) is 0 Å². The fourth-order valence-corrected chi connectivity index (χ4v) is 2.60. The number of hydrogen-bond donors (Lipinski definition) is 1. The third-order valence-corrected chi connectivity index (χ3v) is 4.09. The Bertz CT molecular complexity index is 728.